The second kappa shape index (κ2) is 8.91. The summed E-state index contributed by atoms with van der Waals surface area (Å²) in [4.78, 5) is 10.9. The molecule has 0 radical (unpaired) electrons. The van der Waals surface area contributed by atoms with Crippen LogP contribution in [0.4, 0.5) is 5.69 Å². The Morgan fingerprint density at radius 2 is 1.70 bits per heavy atom. The fourth-order valence-electron chi connectivity index (χ4n) is 3.69. The molecule has 0 unspecified atom stereocenters. The highest BCUT2D eigenvalue weighted by atomic mass is 32.2. The minimum absolute atomic E-state index is 0.0812. The molecule has 170 valence electrons. The summed E-state index contributed by atoms with van der Waals surface area (Å²) in [5, 5.41) is 15.8. The molecule has 1 heterocycles. The summed E-state index contributed by atoms with van der Waals surface area (Å²) in [6.07, 6.45) is 0.225. The van der Waals surface area contributed by atoms with Crippen LogP contribution in [0.5, 0.6) is 11.5 Å². The lowest BCUT2D eigenvalue weighted by molar-refractivity contribution is -0.384. The highest BCUT2D eigenvalue weighted by Crippen LogP contribution is 2.39. The third-order valence-electron chi connectivity index (χ3n) is 5.34. The van der Waals surface area contributed by atoms with Gasteiger partial charge < -0.3 is 9.47 Å². The Morgan fingerprint density at radius 3 is 2.36 bits per heavy atom. The molecule has 33 heavy (non-hydrogen) atoms. The molecule has 0 saturated heterocycles. The molecular weight excluding hydrogens is 446 g/mol. The van der Waals surface area contributed by atoms with Gasteiger partial charge in [-0.25, -0.2) is 0 Å². The van der Waals surface area contributed by atoms with Crippen LogP contribution < -0.4 is 9.47 Å². The largest absolute Gasteiger partial charge is 0.493 e. The smallest absolute Gasteiger partial charge is 0.279 e. The van der Waals surface area contributed by atoms with Crippen LogP contribution in [0.1, 0.15) is 23.6 Å². The molecule has 3 aromatic carbocycles. The number of sulfonamides is 1. The average Bonchev–Trinajstić information content (AvgIpc) is 3.31. The van der Waals surface area contributed by atoms with Gasteiger partial charge in [0.15, 0.2) is 11.5 Å². The first-order chi connectivity index (χ1) is 15.8. The Labute approximate surface area is 191 Å². The Kier molecular flexibility index (Phi) is 6.01. The minimum Gasteiger partial charge on any atom is -0.493 e. The Hall–Kier alpha value is -3.92. The highest BCUT2D eigenvalue weighted by Gasteiger charge is 2.38. The predicted octanol–water partition coefficient (Wildman–Crippen LogP) is 4.15. The average molecular weight is 468 g/mol. The fraction of sp³-hybridized carbons (Fsp3) is 0.174. The van der Waals surface area contributed by atoms with E-state index in [0.717, 1.165) is 4.41 Å². The Morgan fingerprint density at radius 1 is 0.970 bits per heavy atom. The van der Waals surface area contributed by atoms with Crippen molar-refractivity contribution >= 4 is 21.4 Å². The van der Waals surface area contributed by atoms with E-state index in [1.165, 1.54) is 44.6 Å². The van der Waals surface area contributed by atoms with Crippen LogP contribution in [0.3, 0.4) is 0 Å². The molecule has 4 rings (SSSR count). The van der Waals surface area contributed by atoms with Gasteiger partial charge in [-0.05, 0) is 35.9 Å². The molecule has 0 spiro atoms. The van der Waals surface area contributed by atoms with Crippen LogP contribution >= 0.6 is 0 Å². The maximum atomic E-state index is 13.5. The van der Waals surface area contributed by atoms with Gasteiger partial charge in [-0.15, -0.1) is 0 Å². The maximum Gasteiger partial charge on any atom is 0.279 e. The highest BCUT2D eigenvalue weighted by molar-refractivity contribution is 7.89. The summed E-state index contributed by atoms with van der Waals surface area (Å²) in [5.41, 5.74) is 1.52. The van der Waals surface area contributed by atoms with Gasteiger partial charge in [0.1, 0.15) is 0 Å². The van der Waals surface area contributed by atoms with Gasteiger partial charge in [-0.2, -0.15) is 17.9 Å². The number of benzene rings is 3. The normalized spacial score (nSPS) is 15.8. The number of rotatable bonds is 7. The third-order valence-corrected chi connectivity index (χ3v) is 7.04. The van der Waals surface area contributed by atoms with Crippen molar-refractivity contribution in [1.29, 1.82) is 0 Å². The third kappa shape index (κ3) is 4.24. The van der Waals surface area contributed by atoms with E-state index in [4.69, 9.17) is 9.47 Å². The SMILES string of the molecule is COc1ccc(C2=NN(S(=O)(=O)c3ccccc3)[C@H](c3cccc([N+](=O)[O-])c3)C2)cc1OC. The molecule has 0 aliphatic carbocycles. The number of hydrogen-bond acceptors (Lipinski definition) is 7. The molecule has 9 nitrogen and oxygen atoms in total. The van der Waals surface area contributed by atoms with Gasteiger partial charge in [0.25, 0.3) is 15.7 Å². The topological polar surface area (TPSA) is 111 Å². The van der Waals surface area contributed by atoms with Gasteiger partial charge in [-0.3, -0.25) is 10.1 Å². The van der Waals surface area contributed by atoms with E-state index in [1.807, 2.05) is 0 Å². The van der Waals surface area contributed by atoms with E-state index in [9.17, 15) is 18.5 Å². The van der Waals surface area contributed by atoms with Crippen molar-refractivity contribution in [1.82, 2.24) is 4.41 Å². The van der Waals surface area contributed by atoms with Gasteiger partial charge in [0.2, 0.25) is 0 Å². The quantitative estimate of drug-likeness (QED) is 0.381. The zero-order chi connectivity index (χ0) is 23.6. The first kappa shape index (κ1) is 22.3. The number of ether oxygens (including phenoxy) is 2. The van der Waals surface area contributed by atoms with Gasteiger partial charge in [0, 0.05) is 24.1 Å². The first-order valence-electron chi connectivity index (χ1n) is 9.99. The van der Waals surface area contributed by atoms with Crippen molar-refractivity contribution in [2.45, 2.75) is 17.4 Å². The Bertz CT molecular complexity index is 1330. The second-order valence-electron chi connectivity index (χ2n) is 7.28. The molecule has 1 aliphatic heterocycles. The molecule has 0 N–H and O–H groups in total. The van der Waals surface area contributed by atoms with E-state index >= 15 is 0 Å². The van der Waals surface area contributed by atoms with Crippen LogP contribution in [0.25, 0.3) is 0 Å². The van der Waals surface area contributed by atoms with Crippen molar-refractivity contribution < 1.29 is 22.8 Å². The van der Waals surface area contributed by atoms with Crippen LogP contribution in [0.15, 0.2) is 82.8 Å². The molecule has 10 heteroatoms. The number of hydrogen-bond donors (Lipinski definition) is 0. The minimum atomic E-state index is -4.02. The second-order valence-corrected chi connectivity index (χ2v) is 9.07. The van der Waals surface area contributed by atoms with Crippen LogP contribution in [0.2, 0.25) is 0 Å². The van der Waals surface area contributed by atoms with E-state index in [1.54, 1.807) is 42.5 Å². The maximum absolute atomic E-state index is 13.5. The van der Waals surface area contributed by atoms with Crippen LogP contribution in [0, 0.1) is 10.1 Å². The molecule has 1 aliphatic rings. The molecule has 0 saturated carbocycles. The number of nitrogens with zero attached hydrogens (tertiary/aromatic N) is 3. The lowest BCUT2D eigenvalue weighted by Gasteiger charge is -2.23. The van der Waals surface area contributed by atoms with E-state index in [2.05, 4.69) is 5.10 Å². The summed E-state index contributed by atoms with van der Waals surface area (Å²) in [6.45, 7) is 0. The molecular formula is C23H21N3O6S. The lowest BCUT2D eigenvalue weighted by Crippen LogP contribution is -2.27. The summed E-state index contributed by atoms with van der Waals surface area (Å²) >= 11 is 0. The molecule has 0 fully saturated rings. The molecule has 0 bridgehead atoms. The number of nitro benzene ring substituents is 1. The summed E-state index contributed by atoms with van der Waals surface area (Å²) in [5.74, 6) is 1.01. The Balaban J connectivity index is 1.82. The summed E-state index contributed by atoms with van der Waals surface area (Å²) in [6, 6.07) is 18.4. The van der Waals surface area contributed by atoms with Gasteiger partial charge in [0.05, 0.1) is 35.8 Å². The monoisotopic (exact) mass is 467 g/mol. The lowest BCUT2D eigenvalue weighted by atomic mass is 9.98. The molecule has 3 aromatic rings. The summed E-state index contributed by atoms with van der Waals surface area (Å²) < 4.78 is 38.6. The van der Waals surface area contributed by atoms with E-state index < -0.39 is 21.0 Å². The number of nitro groups is 1. The van der Waals surface area contributed by atoms with Crippen molar-refractivity contribution in [3.05, 3.63) is 94.0 Å². The summed E-state index contributed by atoms with van der Waals surface area (Å²) in [7, 11) is -0.984. The van der Waals surface area contributed by atoms with E-state index in [0.29, 0.717) is 28.3 Å². The van der Waals surface area contributed by atoms with Crippen LogP contribution in [-0.2, 0) is 10.0 Å². The molecule has 0 aromatic heterocycles. The number of methoxy groups -OCH3 is 2. The number of non-ortho nitro benzene ring substituents is 1. The van der Waals surface area contributed by atoms with Gasteiger partial charge >= 0.3 is 0 Å². The number of hydrazone groups is 1. The van der Waals surface area contributed by atoms with Crippen molar-refractivity contribution in [3.63, 3.8) is 0 Å². The standard InChI is InChI=1S/C23H21N3O6S/c1-31-22-12-11-16(14-23(22)32-2)20-15-21(17-7-6-8-18(13-17)26(27)28)25(24-20)33(29,30)19-9-4-3-5-10-19/h3-14,21H,15H2,1-2H3/t21-/m0/s1. The predicted molar refractivity (Wildman–Crippen MR) is 122 cm³/mol. The van der Waals surface area contributed by atoms with Crippen molar-refractivity contribution in [3.8, 4) is 11.5 Å². The zero-order valence-corrected chi connectivity index (χ0v) is 18.7. The fourth-order valence-corrected chi connectivity index (χ4v) is 5.15. The van der Waals surface area contributed by atoms with E-state index in [-0.39, 0.29) is 17.0 Å². The van der Waals surface area contributed by atoms with Crippen molar-refractivity contribution in [2.24, 2.45) is 5.10 Å². The van der Waals surface area contributed by atoms with Crippen molar-refractivity contribution in [2.75, 3.05) is 14.2 Å². The molecule has 0 amide bonds. The zero-order valence-electron chi connectivity index (χ0n) is 17.9. The first-order valence-corrected chi connectivity index (χ1v) is 11.4. The van der Waals surface area contributed by atoms with Crippen LogP contribution in [-0.4, -0.2) is 37.7 Å². The van der Waals surface area contributed by atoms with Gasteiger partial charge in [-0.1, -0.05) is 30.3 Å². The molecule has 1 atom stereocenters.